The lowest BCUT2D eigenvalue weighted by atomic mass is 9.93. The van der Waals surface area contributed by atoms with Crippen LogP contribution in [-0.4, -0.2) is 0 Å². The van der Waals surface area contributed by atoms with Crippen molar-refractivity contribution in [1.82, 2.24) is 0 Å². The van der Waals surface area contributed by atoms with Crippen LogP contribution in [-0.2, 0) is 0 Å². The fourth-order valence-corrected chi connectivity index (χ4v) is 8.90. The van der Waals surface area contributed by atoms with E-state index in [1.165, 1.54) is 80.8 Å². The second-order valence-corrected chi connectivity index (χ2v) is 14.4. The second kappa shape index (κ2) is 12.7. The summed E-state index contributed by atoms with van der Waals surface area (Å²) < 4.78 is 2.59. The maximum atomic E-state index is 2.42. The summed E-state index contributed by atoms with van der Waals surface area (Å²) in [4.78, 5) is 2.42. The van der Waals surface area contributed by atoms with Gasteiger partial charge in [0.05, 0.1) is 5.69 Å². The average Bonchev–Trinajstić information content (AvgIpc) is 3.61. The van der Waals surface area contributed by atoms with Crippen LogP contribution in [0.3, 0.4) is 0 Å². The number of rotatable bonds is 6. The zero-order valence-electron chi connectivity index (χ0n) is 28.4. The van der Waals surface area contributed by atoms with Crippen LogP contribution in [0.2, 0.25) is 0 Å². The Morgan fingerprint density at radius 2 is 0.885 bits per heavy atom. The Bertz CT molecular complexity index is 2880. The number of benzene rings is 9. The fraction of sp³-hybridized carbons (Fsp3) is 0. The first-order chi connectivity index (χ1) is 25.8. The molecule has 0 aliphatic carbocycles. The standard InChI is InChI=1S/C50H33NS/c1-2-12-36(13-3-1)46-33-39(32-38-15-5-7-18-44(38)46)34-24-28-40(29-25-34)51(47-21-11-23-49-50(47)45-19-8-9-22-48(45)52-49)41-30-26-37(27-31-41)43-20-10-16-35-14-4-6-17-42(35)43/h1-33H. The minimum atomic E-state index is 1.12. The SMILES string of the molecule is c1ccc(-c2cc(-c3ccc(N(c4ccc(-c5cccc6ccccc56)cc4)c4cccc5sc6ccccc6c45)cc3)cc3ccccc23)cc1. The van der Waals surface area contributed by atoms with Gasteiger partial charge in [-0.2, -0.15) is 0 Å². The molecule has 244 valence electrons. The molecule has 1 aromatic heterocycles. The monoisotopic (exact) mass is 679 g/mol. The summed E-state index contributed by atoms with van der Waals surface area (Å²) >= 11 is 1.86. The van der Waals surface area contributed by atoms with Gasteiger partial charge in [-0.05, 0) is 110 Å². The highest BCUT2D eigenvalue weighted by atomic mass is 32.1. The van der Waals surface area contributed by atoms with Crippen molar-refractivity contribution in [2.24, 2.45) is 0 Å². The van der Waals surface area contributed by atoms with Gasteiger partial charge in [-0.1, -0.05) is 146 Å². The molecule has 1 nitrogen and oxygen atoms in total. The molecule has 0 unspecified atom stereocenters. The molecule has 0 aliphatic heterocycles. The van der Waals surface area contributed by atoms with E-state index in [9.17, 15) is 0 Å². The van der Waals surface area contributed by atoms with E-state index in [2.05, 4.69) is 205 Å². The van der Waals surface area contributed by atoms with Crippen LogP contribution in [0.25, 0.3) is 75.1 Å². The van der Waals surface area contributed by atoms with Gasteiger partial charge >= 0.3 is 0 Å². The van der Waals surface area contributed by atoms with Crippen LogP contribution >= 0.6 is 11.3 Å². The van der Waals surface area contributed by atoms with Crippen LogP contribution in [0.15, 0.2) is 200 Å². The summed E-state index contributed by atoms with van der Waals surface area (Å²) in [5, 5.41) is 7.60. The summed E-state index contributed by atoms with van der Waals surface area (Å²) in [5.74, 6) is 0. The van der Waals surface area contributed by atoms with Crippen LogP contribution in [0.1, 0.15) is 0 Å². The highest BCUT2D eigenvalue weighted by molar-refractivity contribution is 7.26. The smallest absolute Gasteiger partial charge is 0.0554 e. The Kier molecular flexibility index (Phi) is 7.41. The molecule has 0 radical (unpaired) electrons. The summed E-state index contributed by atoms with van der Waals surface area (Å²) in [6, 6.07) is 72.9. The number of nitrogens with zero attached hydrogens (tertiary/aromatic N) is 1. The van der Waals surface area contributed by atoms with Crippen LogP contribution < -0.4 is 4.90 Å². The molecule has 0 N–H and O–H groups in total. The zero-order chi connectivity index (χ0) is 34.4. The van der Waals surface area contributed by atoms with Gasteiger partial charge in [0.2, 0.25) is 0 Å². The minimum Gasteiger partial charge on any atom is -0.310 e. The maximum Gasteiger partial charge on any atom is 0.0554 e. The number of anilines is 3. The van der Waals surface area contributed by atoms with E-state index in [1.54, 1.807) is 0 Å². The Morgan fingerprint density at radius 3 is 1.65 bits per heavy atom. The summed E-state index contributed by atoms with van der Waals surface area (Å²) in [6.45, 7) is 0. The summed E-state index contributed by atoms with van der Waals surface area (Å²) in [6.07, 6.45) is 0. The largest absolute Gasteiger partial charge is 0.310 e. The van der Waals surface area contributed by atoms with E-state index < -0.39 is 0 Å². The number of hydrogen-bond donors (Lipinski definition) is 0. The van der Waals surface area contributed by atoms with Gasteiger partial charge in [-0.15, -0.1) is 11.3 Å². The molecular formula is C50H33NS. The van der Waals surface area contributed by atoms with Crippen molar-refractivity contribution in [3.05, 3.63) is 200 Å². The average molecular weight is 680 g/mol. The lowest BCUT2D eigenvalue weighted by molar-refractivity contribution is 1.30. The Labute approximate surface area is 307 Å². The van der Waals surface area contributed by atoms with Gasteiger partial charge in [-0.25, -0.2) is 0 Å². The van der Waals surface area contributed by atoms with Gasteiger partial charge in [-0.3, -0.25) is 0 Å². The van der Waals surface area contributed by atoms with E-state index in [0.717, 1.165) is 11.4 Å². The number of fused-ring (bicyclic) bond motifs is 5. The van der Waals surface area contributed by atoms with Crippen molar-refractivity contribution in [2.75, 3.05) is 4.90 Å². The van der Waals surface area contributed by atoms with E-state index in [4.69, 9.17) is 0 Å². The molecular weight excluding hydrogens is 647 g/mol. The molecule has 52 heavy (non-hydrogen) atoms. The molecule has 9 aromatic carbocycles. The molecule has 0 amide bonds. The molecule has 2 heteroatoms. The van der Waals surface area contributed by atoms with Gasteiger partial charge in [0, 0.05) is 31.5 Å². The first-order valence-electron chi connectivity index (χ1n) is 17.8. The summed E-state index contributed by atoms with van der Waals surface area (Å²) in [5.41, 5.74) is 10.8. The highest BCUT2D eigenvalue weighted by Gasteiger charge is 2.19. The van der Waals surface area contributed by atoms with E-state index in [1.807, 2.05) is 11.3 Å². The third-order valence-electron chi connectivity index (χ3n) is 10.3. The van der Waals surface area contributed by atoms with E-state index in [0.29, 0.717) is 0 Å². The molecule has 0 bridgehead atoms. The minimum absolute atomic E-state index is 1.12. The lowest BCUT2D eigenvalue weighted by Gasteiger charge is -2.27. The van der Waals surface area contributed by atoms with Crippen LogP contribution in [0.5, 0.6) is 0 Å². The first kappa shape index (κ1) is 30.4. The second-order valence-electron chi connectivity index (χ2n) is 13.3. The van der Waals surface area contributed by atoms with Crippen LogP contribution in [0, 0.1) is 0 Å². The summed E-state index contributed by atoms with van der Waals surface area (Å²) in [7, 11) is 0. The van der Waals surface area contributed by atoms with Crippen molar-refractivity contribution in [2.45, 2.75) is 0 Å². The third kappa shape index (κ3) is 5.24. The fourth-order valence-electron chi connectivity index (χ4n) is 7.77. The highest BCUT2D eigenvalue weighted by Crippen LogP contribution is 2.45. The van der Waals surface area contributed by atoms with Crippen molar-refractivity contribution in [3.63, 3.8) is 0 Å². The Morgan fingerprint density at radius 1 is 0.327 bits per heavy atom. The van der Waals surface area contributed by atoms with Crippen molar-refractivity contribution in [1.29, 1.82) is 0 Å². The molecule has 10 rings (SSSR count). The Balaban J connectivity index is 1.12. The first-order valence-corrected chi connectivity index (χ1v) is 18.6. The quantitative estimate of drug-likeness (QED) is 0.169. The van der Waals surface area contributed by atoms with Crippen molar-refractivity contribution >= 4 is 70.1 Å². The zero-order valence-corrected chi connectivity index (χ0v) is 29.2. The molecule has 0 atom stereocenters. The predicted octanol–water partition coefficient (Wildman–Crippen LogP) is 14.8. The number of thiophene rings is 1. The third-order valence-corrected chi connectivity index (χ3v) is 11.4. The topological polar surface area (TPSA) is 3.24 Å². The van der Waals surface area contributed by atoms with Crippen LogP contribution in [0.4, 0.5) is 17.1 Å². The molecule has 0 aliphatic rings. The van der Waals surface area contributed by atoms with Gasteiger partial charge in [0.15, 0.2) is 0 Å². The number of hydrogen-bond acceptors (Lipinski definition) is 2. The molecule has 1 heterocycles. The maximum absolute atomic E-state index is 2.42. The van der Waals surface area contributed by atoms with Gasteiger partial charge < -0.3 is 4.90 Å². The molecule has 10 aromatic rings. The normalized spacial score (nSPS) is 11.5. The Hall–Kier alpha value is -6.48. The van der Waals surface area contributed by atoms with E-state index >= 15 is 0 Å². The molecule has 0 saturated carbocycles. The molecule has 0 fully saturated rings. The predicted molar refractivity (Wildman–Crippen MR) is 225 cm³/mol. The lowest BCUT2D eigenvalue weighted by Crippen LogP contribution is -2.10. The molecule has 0 saturated heterocycles. The van der Waals surface area contributed by atoms with Crippen molar-refractivity contribution < 1.29 is 0 Å². The van der Waals surface area contributed by atoms with Crippen molar-refractivity contribution in [3.8, 4) is 33.4 Å². The van der Waals surface area contributed by atoms with Gasteiger partial charge in [0.1, 0.15) is 0 Å². The molecule has 0 spiro atoms. The van der Waals surface area contributed by atoms with Gasteiger partial charge in [0.25, 0.3) is 0 Å². The van der Waals surface area contributed by atoms with E-state index in [-0.39, 0.29) is 0 Å².